The Labute approximate surface area is 133 Å². The van der Waals surface area contributed by atoms with Gasteiger partial charge in [0.2, 0.25) is 0 Å². The zero-order valence-corrected chi connectivity index (χ0v) is 12.9. The molecule has 1 aliphatic heterocycles. The molecule has 0 bridgehead atoms. The molecular weight excluding hydrogens is 311 g/mol. The van der Waals surface area contributed by atoms with Gasteiger partial charge in [-0.2, -0.15) is 13.2 Å². The Morgan fingerprint density at radius 3 is 2.43 bits per heavy atom. The molecule has 1 heterocycles. The summed E-state index contributed by atoms with van der Waals surface area (Å²) < 4.78 is 42.0. The van der Waals surface area contributed by atoms with Gasteiger partial charge in [-0.3, -0.25) is 15.1 Å². The van der Waals surface area contributed by atoms with E-state index >= 15 is 0 Å². The smallest absolute Gasteiger partial charge is 0.379 e. The molecule has 0 atom stereocenters. The second kappa shape index (κ2) is 7.76. The lowest BCUT2D eigenvalue weighted by Crippen LogP contribution is -2.44. The molecule has 0 aliphatic carbocycles. The maximum absolute atomic E-state index is 12.2. The first-order valence-corrected chi connectivity index (χ1v) is 7.31. The van der Waals surface area contributed by atoms with Gasteiger partial charge in [-0.15, -0.1) is 0 Å². The van der Waals surface area contributed by atoms with Crippen LogP contribution in [0.25, 0.3) is 0 Å². The lowest BCUT2D eigenvalue weighted by Gasteiger charge is -2.26. The van der Waals surface area contributed by atoms with Gasteiger partial charge in [-0.1, -0.05) is 12.1 Å². The van der Waals surface area contributed by atoms with E-state index < -0.39 is 18.6 Å². The molecule has 0 saturated carbocycles. The SMILES string of the molecule is CN(CC(F)(F)F)NC(=O)c1ccc(CN2CCOCC2)cc1. The van der Waals surface area contributed by atoms with Crippen molar-refractivity contribution in [3.63, 3.8) is 0 Å². The molecule has 23 heavy (non-hydrogen) atoms. The van der Waals surface area contributed by atoms with E-state index in [1.54, 1.807) is 12.1 Å². The van der Waals surface area contributed by atoms with Crippen LogP contribution in [0, 0.1) is 0 Å². The van der Waals surface area contributed by atoms with Gasteiger partial charge in [-0.05, 0) is 17.7 Å². The summed E-state index contributed by atoms with van der Waals surface area (Å²) in [5.41, 5.74) is 3.57. The van der Waals surface area contributed by atoms with Gasteiger partial charge in [0.1, 0.15) is 6.54 Å². The maximum Gasteiger partial charge on any atom is 0.403 e. The molecule has 1 aliphatic rings. The first-order valence-electron chi connectivity index (χ1n) is 7.31. The van der Waals surface area contributed by atoms with Crippen LogP contribution in [0.5, 0.6) is 0 Å². The predicted octanol–water partition coefficient (Wildman–Crippen LogP) is 1.66. The molecule has 128 valence electrons. The minimum Gasteiger partial charge on any atom is -0.379 e. The number of carbonyl (C=O) groups excluding carboxylic acids is 1. The number of hydrogen-bond donors (Lipinski definition) is 1. The third-order valence-corrected chi connectivity index (χ3v) is 3.43. The van der Waals surface area contributed by atoms with Gasteiger partial charge in [0.05, 0.1) is 13.2 Å². The van der Waals surface area contributed by atoms with Crippen molar-refractivity contribution in [3.8, 4) is 0 Å². The van der Waals surface area contributed by atoms with E-state index in [1.807, 2.05) is 12.1 Å². The Bertz CT molecular complexity index is 514. The van der Waals surface area contributed by atoms with Gasteiger partial charge in [0.15, 0.2) is 0 Å². The third-order valence-electron chi connectivity index (χ3n) is 3.43. The molecule has 2 rings (SSSR count). The number of hydrazine groups is 1. The number of amides is 1. The van der Waals surface area contributed by atoms with Crippen molar-refractivity contribution in [3.05, 3.63) is 35.4 Å². The largest absolute Gasteiger partial charge is 0.403 e. The van der Waals surface area contributed by atoms with Gasteiger partial charge in [0.25, 0.3) is 5.91 Å². The summed E-state index contributed by atoms with van der Waals surface area (Å²) in [5, 5.41) is 0.726. The second-order valence-corrected chi connectivity index (χ2v) is 5.50. The zero-order valence-electron chi connectivity index (χ0n) is 12.9. The van der Waals surface area contributed by atoms with Crippen LogP contribution in [-0.4, -0.2) is 61.9 Å². The minimum absolute atomic E-state index is 0.324. The number of alkyl halides is 3. The van der Waals surface area contributed by atoms with Crippen LogP contribution < -0.4 is 5.43 Å². The van der Waals surface area contributed by atoms with Crippen molar-refractivity contribution in [2.75, 3.05) is 39.9 Å². The van der Waals surface area contributed by atoms with Crippen LogP contribution >= 0.6 is 0 Å². The standard InChI is InChI=1S/C15H20F3N3O2/c1-20(11-15(16,17)18)19-14(22)13-4-2-12(3-5-13)10-21-6-8-23-9-7-21/h2-5H,6-11H2,1H3,(H,19,22). The monoisotopic (exact) mass is 331 g/mol. The van der Waals surface area contributed by atoms with Crippen molar-refractivity contribution < 1.29 is 22.7 Å². The van der Waals surface area contributed by atoms with E-state index in [-0.39, 0.29) is 0 Å². The quantitative estimate of drug-likeness (QED) is 0.834. The Morgan fingerprint density at radius 2 is 1.87 bits per heavy atom. The first kappa shape index (κ1) is 17.7. The van der Waals surface area contributed by atoms with Crippen molar-refractivity contribution >= 4 is 5.91 Å². The maximum atomic E-state index is 12.2. The number of rotatable bonds is 5. The molecule has 1 fully saturated rings. The van der Waals surface area contributed by atoms with Crippen LogP contribution in [-0.2, 0) is 11.3 Å². The molecular formula is C15H20F3N3O2. The first-order chi connectivity index (χ1) is 10.8. The lowest BCUT2D eigenvalue weighted by molar-refractivity contribution is -0.147. The molecule has 1 saturated heterocycles. The molecule has 8 heteroatoms. The van der Waals surface area contributed by atoms with Crippen LogP contribution in [0.4, 0.5) is 13.2 Å². The summed E-state index contributed by atoms with van der Waals surface area (Å²) in [7, 11) is 1.18. The number of hydrogen-bond acceptors (Lipinski definition) is 4. The molecule has 1 aromatic rings. The highest BCUT2D eigenvalue weighted by Gasteiger charge is 2.29. The van der Waals surface area contributed by atoms with Crippen LogP contribution in [0.3, 0.4) is 0 Å². The fraction of sp³-hybridized carbons (Fsp3) is 0.533. The van der Waals surface area contributed by atoms with Gasteiger partial charge >= 0.3 is 6.18 Å². The van der Waals surface area contributed by atoms with Gasteiger partial charge in [0, 0.05) is 32.2 Å². The highest BCUT2D eigenvalue weighted by Crippen LogP contribution is 2.15. The van der Waals surface area contributed by atoms with E-state index in [4.69, 9.17) is 4.74 Å². The number of nitrogens with zero attached hydrogens (tertiary/aromatic N) is 2. The Kier molecular flexibility index (Phi) is 5.97. The minimum atomic E-state index is -4.36. The highest BCUT2D eigenvalue weighted by molar-refractivity contribution is 5.93. The van der Waals surface area contributed by atoms with E-state index in [1.165, 1.54) is 7.05 Å². The molecule has 0 spiro atoms. The van der Waals surface area contributed by atoms with Crippen LogP contribution in [0.2, 0.25) is 0 Å². The number of morpholine rings is 1. The number of nitrogens with one attached hydrogen (secondary N) is 1. The van der Waals surface area contributed by atoms with Crippen LogP contribution in [0.15, 0.2) is 24.3 Å². The molecule has 0 aromatic heterocycles. The average molecular weight is 331 g/mol. The van der Waals surface area contributed by atoms with Gasteiger partial charge in [-0.25, -0.2) is 5.01 Å². The van der Waals surface area contributed by atoms with Crippen molar-refractivity contribution in [2.24, 2.45) is 0 Å². The number of benzene rings is 1. The summed E-state index contributed by atoms with van der Waals surface area (Å²) in [6.07, 6.45) is -4.36. The summed E-state index contributed by atoms with van der Waals surface area (Å²) in [6, 6.07) is 6.86. The van der Waals surface area contributed by atoms with E-state index in [0.29, 0.717) is 18.8 Å². The third kappa shape index (κ3) is 6.17. The Hall–Kier alpha value is -1.64. The van der Waals surface area contributed by atoms with E-state index in [0.717, 1.165) is 30.2 Å². The summed E-state index contributed by atoms with van der Waals surface area (Å²) in [4.78, 5) is 14.1. The Balaban J connectivity index is 1.87. The fourth-order valence-electron chi connectivity index (χ4n) is 2.33. The highest BCUT2D eigenvalue weighted by atomic mass is 19.4. The lowest BCUT2D eigenvalue weighted by atomic mass is 10.1. The number of halogens is 3. The number of carbonyl (C=O) groups is 1. The molecule has 0 radical (unpaired) electrons. The topological polar surface area (TPSA) is 44.8 Å². The van der Waals surface area contributed by atoms with Crippen molar-refractivity contribution in [1.82, 2.24) is 15.3 Å². The van der Waals surface area contributed by atoms with Crippen LogP contribution in [0.1, 0.15) is 15.9 Å². The summed E-state index contributed by atoms with van der Waals surface area (Å²) in [5.74, 6) is -0.560. The fourth-order valence-corrected chi connectivity index (χ4v) is 2.33. The molecule has 5 nitrogen and oxygen atoms in total. The number of ether oxygens (including phenoxy) is 1. The second-order valence-electron chi connectivity index (χ2n) is 5.50. The van der Waals surface area contributed by atoms with Gasteiger partial charge < -0.3 is 4.74 Å². The van der Waals surface area contributed by atoms with Crippen molar-refractivity contribution in [1.29, 1.82) is 0 Å². The average Bonchev–Trinajstić information content (AvgIpc) is 2.47. The molecule has 1 amide bonds. The molecule has 1 N–H and O–H groups in total. The zero-order chi connectivity index (χ0) is 16.9. The van der Waals surface area contributed by atoms with Crippen molar-refractivity contribution in [2.45, 2.75) is 12.7 Å². The Morgan fingerprint density at radius 1 is 1.26 bits per heavy atom. The predicted molar refractivity (Wildman–Crippen MR) is 78.7 cm³/mol. The summed E-state index contributed by atoms with van der Waals surface area (Å²) in [6.45, 7) is 2.72. The van der Waals surface area contributed by atoms with E-state index in [9.17, 15) is 18.0 Å². The molecule has 0 unspecified atom stereocenters. The molecule has 1 aromatic carbocycles. The normalized spacial score (nSPS) is 16.6. The summed E-state index contributed by atoms with van der Waals surface area (Å²) >= 11 is 0. The van der Waals surface area contributed by atoms with E-state index in [2.05, 4.69) is 10.3 Å².